The molecule has 0 amide bonds. The van der Waals surface area contributed by atoms with Crippen molar-refractivity contribution in [3.63, 3.8) is 0 Å². The van der Waals surface area contributed by atoms with Crippen LogP contribution in [0.3, 0.4) is 0 Å². The van der Waals surface area contributed by atoms with E-state index in [0.717, 1.165) is 24.6 Å². The predicted octanol–water partition coefficient (Wildman–Crippen LogP) is 4.18. The fraction of sp³-hybridized carbons (Fsp3) is 1.00. The van der Waals surface area contributed by atoms with Crippen LogP contribution in [0.1, 0.15) is 41.0 Å². The Labute approximate surface area is 149 Å². The molecule has 0 spiro atoms. The molecular weight excluding hydrogens is 352 g/mol. The first kappa shape index (κ1) is 23.5. The summed E-state index contributed by atoms with van der Waals surface area (Å²) in [5, 5.41) is 0. The number of hydrogen-bond donors (Lipinski definition) is 0. The molecule has 0 aromatic rings. The van der Waals surface area contributed by atoms with Crippen LogP contribution in [0.25, 0.3) is 0 Å². The molecule has 0 rings (SSSR count). The summed E-state index contributed by atoms with van der Waals surface area (Å²) >= 11 is 5.89. The minimum atomic E-state index is -2.66. The van der Waals surface area contributed by atoms with Crippen molar-refractivity contribution in [1.82, 2.24) is 0 Å². The van der Waals surface area contributed by atoms with Crippen molar-refractivity contribution in [3.8, 4) is 0 Å². The first-order chi connectivity index (χ1) is 11.1. The van der Waals surface area contributed by atoms with Crippen molar-refractivity contribution in [2.24, 2.45) is 0 Å². The Kier molecular flexibility index (Phi) is 14.1. The van der Waals surface area contributed by atoms with Crippen LogP contribution in [0.2, 0.25) is 18.1 Å². The molecule has 0 aromatic heterocycles. The monoisotopic (exact) mass is 386 g/mol. The van der Waals surface area contributed by atoms with Crippen molar-refractivity contribution >= 4 is 29.0 Å². The van der Waals surface area contributed by atoms with E-state index >= 15 is 0 Å². The van der Waals surface area contributed by atoms with Crippen LogP contribution in [0.4, 0.5) is 0 Å². The normalized spacial score (nSPS) is 12.8. The average molecular weight is 387 g/mol. The summed E-state index contributed by atoms with van der Waals surface area (Å²) in [5.74, 6) is 0.625. The lowest BCUT2D eigenvalue weighted by Gasteiger charge is -2.34. The lowest BCUT2D eigenvalue weighted by atomic mass is 10.6. The molecule has 0 aromatic carbocycles. The van der Waals surface area contributed by atoms with Crippen LogP contribution in [-0.2, 0) is 22.1 Å². The molecule has 140 valence electrons. The second-order valence-corrected chi connectivity index (χ2v) is 11.6. The zero-order chi connectivity index (χ0) is 17.6. The topological polar surface area (TPSA) is 46.2 Å². The van der Waals surface area contributed by atoms with Gasteiger partial charge >= 0.3 is 17.4 Å². The van der Waals surface area contributed by atoms with Gasteiger partial charge in [-0.2, -0.15) is 0 Å². The third kappa shape index (κ3) is 8.97. The third-order valence-corrected chi connectivity index (χ3v) is 11.0. The van der Waals surface area contributed by atoms with Gasteiger partial charge in [-0.1, -0.05) is 0 Å². The minimum absolute atomic E-state index is 0.589. The maximum Gasteiger partial charge on any atom is 0.500 e. The average Bonchev–Trinajstić information content (AvgIpc) is 2.52. The summed E-state index contributed by atoms with van der Waals surface area (Å²) in [4.78, 5) is 0. The largest absolute Gasteiger partial charge is 0.500 e. The maximum atomic E-state index is 6.12. The quantitative estimate of drug-likeness (QED) is 0.294. The Morgan fingerprint density at radius 3 is 1.39 bits per heavy atom. The molecule has 0 fully saturated rings. The van der Waals surface area contributed by atoms with Gasteiger partial charge in [0.2, 0.25) is 0 Å². The molecule has 0 bridgehead atoms. The summed E-state index contributed by atoms with van der Waals surface area (Å²) in [6.45, 7) is 13.0. The highest BCUT2D eigenvalue weighted by atomic mass is 35.5. The van der Waals surface area contributed by atoms with Gasteiger partial charge in [-0.25, -0.2) is 0 Å². The van der Waals surface area contributed by atoms with E-state index in [9.17, 15) is 0 Å². The van der Waals surface area contributed by atoms with E-state index in [4.69, 9.17) is 33.7 Å². The SMILES string of the molecule is CCO[Si](CCCCl)(CC[Si](OCC)(OCC)OCC)OCC. The van der Waals surface area contributed by atoms with Crippen LogP contribution < -0.4 is 0 Å². The fourth-order valence-corrected chi connectivity index (χ4v) is 10.4. The van der Waals surface area contributed by atoms with E-state index in [1.54, 1.807) is 0 Å². The van der Waals surface area contributed by atoms with E-state index in [0.29, 0.717) is 38.9 Å². The smallest absolute Gasteiger partial charge is 0.394 e. The molecule has 0 atom stereocenters. The van der Waals surface area contributed by atoms with E-state index in [1.807, 2.05) is 34.6 Å². The van der Waals surface area contributed by atoms with Gasteiger partial charge in [0, 0.05) is 45.0 Å². The number of alkyl halides is 1. The van der Waals surface area contributed by atoms with Crippen molar-refractivity contribution < 1.29 is 22.1 Å². The van der Waals surface area contributed by atoms with Gasteiger partial charge in [-0.3, -0.25) is 0 Å². The van der Waals surface area contributed by atoms with Crippen LogP contribution in [0.15, 0.2) is 0 Å². The molecular formula is C15H35ClO5Si2. The summed E-state index contributed by atoms with van der Waals surface area (Å²) in [7, 11) is -4.96. The van der Waals surface area contributed by atoms with Gasteiger partial charge in [-0.05, 0) is 53.1 Å². The zero-order valence-electron chi connectivity index (χ0n) is 15.5. The second-order valence-electron chi connectivity index (χ2n) is 5.05. The fourth-order valence-electron chi connectivity index (χ4n) is 2.66. The standard InChI is InChI=1S/C15H35ClO5Si2/c1-6-17-22(18-7-2,13-11-12-16)14-15-23(19-8-3,20-9-4)21-10-5/h6-15H2,1-5H3. The Morgan fingerprint density at radius 2 is 1.04 bits per heavy atom. The molecule has 23 heavy (non-hydrogen) atoms. The van der Waals surface area contributed by atoms with Crippen molar-refractivity contribution in [1.29, 1.82) is 0 Å². The first-order valence-corrected chi connectivity index (χ1v) is 13.5. The lowest BCUT2D eigenvalue weighted by Crippen LogP contribution is -2.50. The molecule has 8 heteroatoms. The molecule has 0 aliphatic heterocycles. The summed E-state index contributed by atoms with van der Waals surface area (Å²) in [6, 6.07) is 2.45. The van der Waals surface area contributed by atoms with Crippen LogP contribution in [-0.4, -0.2) is 56.3 Å². The predicted molar refractivity (Wildman–Crippen MR) is 99.4 cm³/mol. The highest BCUT2D eigenvalue weighted by molar-refractivity contribution is 6.70. The van der Waals surface area contributed by atoms with Gasteiger partial charge in [0.05, 0.1) is 0 Å². The van der Waals surface area contributed by atoms with Crippen LogP contribution in [0.5, 0.6) is 0 Å². The molecule has 0 saturated carbocycles. The third-order valence-electron chi connectivity index (χ3n) is 3.41. The summed E-state index contributed by atoms with van der Waals surface area (Å²) in [6.07, 6.45) is 0.903. The molecule has 0 saturated heterocycles. The molecule has 5 nitrogen and oxygen atoms in total. The number of rotatable bonds is 16. The maximum absolute atomic E-state index is 6.12. The van der Waals surface area contributed by atoms with Gasteiger partial charge in [0.1, 0.15) is 0 Å². The van der Waals surface area contributed by atoms with E-state index in [1.165, 1.54) is 0 Å². The zero-order valence-corrected chi connectivity index (χ0v) is 18.2. The molecule has 0 heterocycles. The Balaban J connectivity index is 5.09. The molecule has 0 N–H and O–H groups in total. The molecule has 0 aliphatic carbocycles. The van der Waals surface area contributed by atoms with Crippen molar-refractivity contribution in [2.75, 3.05) is 38.9 Å². The Morgan fingerprint density at radius 1 is 0.609 bits per heavy atom. The summed E-state index contributed by atoms with van der Waals surface area (Å²) < 4.78 is 30.1. The van der Waals surface area contributed by atoms with E-state index < -0.39 is 17.4 Å². The second kappa shape index (κ2) is 13.8. The number of hydrogen-bond acceptors (Lipinski definition) is 5. The van der Waals surface area contributed by atoms with Gasteiger partial charge in [0.25, 0.3) is 0 Å². The minimum Gasteiger partial charge on any atom is -0.394 e. The highest BCUT2D eigenvalue weighted by Crippen LogP contribution is 2.29. The Hall–Kier alpha value is 0.524. The first-order valence-electron chi connectivity index (χ1n) is 8.83. The highest BCUT2D eigenvalue weighted by Gasteiger charge is 2.46. The molecule has 0 unspecified atom stereocenters. The summed E-state index contributed by atoms with van der Waals surface area (Å²) in [5.41, 5.74) is 0. The van der Waals surface area contributed by atoms with E-state index in [2.05, 4.69) is 0 Å². The Bertz CT molecular complexity index is 262. The lowest BCUT2D eigenvalue weighted by molar-refractivity contribution is 0.0711. The van der Waals surface area contributed by atoms with Gasteiger partial charge in [0.15, 0.2) is 0 Å². The van der Waals surface area contributed by atoms with Crippen LogP contribution >= 0.6 is 11.6 Å². The number of halogens is 1. The van der Waals surface area contributed by atoms with Gasteiger partial charge in [-0.15, -0.1) is 11.6 Å². The molecule has 0 radical (unpaired) electrons. The molecule has 0 aliphatic rings. The van der Waals surface area contributed by atoms with Crippen molar-refractivity contribution in [3.05, 3.63) is 0 Å². The van der Waals surface area contributed by atoms with Gasteiger partial charge < -0.3 is 22.1 Å². The van der Waals surface area contributed by atoms with Crippen LogP contribution in [0, 0.1) is 0 Å². The van der Waals surface area contributed by atoms with E-state index in [-0.39, 0.29) is 0 Å². The van der Waals surface area contributed by atoms with Crippen molar-refractivity contribution in [2.45, 2.75) is 59.2 Å².